The number of rotatable bonds is 4. The summed E-state index contributed by atoms with van der Waals surface area (Å²) in [5, 5.41) is 7.60. The smallest absolute Gasteiger partial charge is 0.0737 e. The predicted molar refractivity (Wildman–Crippen MR) is 231 cm³/mol. The Balaban J connectivity index is 1.23. The van der Waals surface area contributed by atoms with Crippen LogP contribution in [-0.4, -0.2) is 0 Å². The van der Waals surface area contributed by atoms with E-state index in [2.05, 4.69) is 183 Å². The van der Waals surface area contributed by atoms with Gasteiger partial charge >= 0.3 is 0 Å². The fourth-order valence-corrected chi connectivity index (χ4v) is 10.4. The molecule has 54 heavy (non-hydrogen) atoms. The van der Waals surface area contributed by atoms with Gasteiger partial charge in [0.25, 0.3) is 0 Å². The number of allylic oxidation sites excluding steroid dienone is 6. The van der Waals surface area contributed by atoms with Gasteiger partial charge in [0, 0.05) is 0 Å². The Kier molecular flexibility index (Phi) is 6.76. The highest BCUT2D eigenvalue weighted by atomic mass is 14.5. The van der Waals surface area contributed by atoms with Crippen LogP contribution in [0.25, 0.3) is 77.3 Å². The van der Waals surface area contributed by atoms with Crippen LogP contribution < -0.4 is 0 Å². The van der Waals surface area contributed by atoms with Gasteiger partial charge in [-0.1, -0.05) is 176 Å². The molecule has 0 atom stereocenters. The highest BCUT2D eigenvalue weighted by Gasteiger charge is 2.53. The minimum absolute atomic E-state index is 0.409. The molecule has 0 heteroatoms. The Labute approximate surface area is 316 Å². The standard InChI is InChI=1S/C54H38/c1-3-15-35(16-4-2)50-42-21-7-9-23-44(42)51(45-24-10-8-22-43(45)50)37-29-30-39-36(33-37)28-32-47-46-31-27-34-17-5-6-18-38(34)52(46)54(53(39)47)48-25-13-11-19-40(48)41-20-12-14-26-49(41)54/h3-4,6-16,18-33H,1,5,17H2,2H3/b16-4-,35-15+. The van der Waals surface area contributed by atoms with Crippen LogP contribution in [0.15, 0.2) is 176 Å². The van der Waals surface area contributed by atoms with Crippen molar-refractivity contribution in [3.05, 3.63) is 215 Å². The van der Waals surface area contributed by atoms with Crippen LogP contribution in [0.4, 0.5) is 0 Å². The van der Waals surface area contributed by atoms with Crippen LogP contribution in [0.3, 0.4) is 0 Å². The normalized spacial score (nSPS) is 14.8. The fraction of sp³-hybridized carbons (Fsp3) is 0.0741. The molecule has 11 rings (SSSR count). The molecule has 0 aromatic heterocycles. The van der Waals surface area contributed by atoms with Crippen LogP contribution in [0.1, 0.15) is 52.3 Å². The first kappa shape index (κ1) is 31.1. The Morgan fingerprint density at radius 1 is 0.611 bits per heavy atom. The molecule has 8 aromatic rings. The first-order valence-electron chi connectivity index (χ1n) is 19.2. The molecular formula is C54H38. The Morgan fingerprint density at radius 3 is 1.93 bits per heavy atom. The van der Waals surface area contributed by atoms with Crippen molar-refractivity contribution in [2.45, 2.75) is 25.2 Å². The minimum Gasteiger partial charge on any atom is -0.0990 e. The highest BCUT2D eigenvalue weighted by molar-refractivity contribution is 6.20. The average Bonchev–Trinajstić information content (AvgIpc) is 3.70. The average molecular weight is 687 g/mol. The molecule has 3 aliphatic carbocycles. The zero-order valence-corrected chi connectivity index (χ0v) is 30.4. The van der Waals surface area contributed by atoms with E-state index in [1.807, 2.05) is 6.08 Å². The maximum atomic E-state index is 4.06. The second kappa shape index (κ2) is 11.8. The molecule has 0 saturated carbocycles. The largest absolute Gasteiger partial charge is 0.0990 e. The van der Waals surface area contributed by atoms with Crippen molar-refractivity contribution in [2.75, 3.05) is 0 Å². The summed E-state index contributed by atoms with van der Waals surface area (Å²) in [6, 6.07) is 53.1. The molecular weight excluding hydrogens is 649 g/mol. The number of hydrogen-bond donors (Lipinski definition) is 0. The molecule has 0 unspecified atom stereocenters. The molecule has 0 saturated heterocycles. The summed E-state index contributed by atoms with van der Waals surface area (Å²) in [5.74, 6) is 0. The molecule has 0 N–H and O–H groups in total. The van der Waals surface area contributed by atoms with Crippen LogP contribution >= 0.6 is 0 Å². The van der Waals surface area contributed by atoms with Gasteiger partial charge in [-0.25, -0.2) is 0 Å². The lowest BCUT2D eigenvalue weighted by atomic mass is 9.67. The van der Waals surface area contributed by atoms with Gasteiger partial charge in [0.05, 0.1) is 5.41 Å². The van der Waals surface area contributed by atoms with E-state index < -0.39 is 5.41 Å². The second-order valence-electron chi connectivity index (χ2n) is 15.0. The third-order valence-electron chi connectivity index (χ3n) is 12.4. The van der Waals surface area contributed by atoms with Gasteiger partial charge in [-0.2, -0.15) is 0 Å². The highest BCUT2D eigenvalue weighted by Crippen LogP contribution is 2.65. The molecule has 8 aromatic carbocycles. The van der Waals surface area contributed by atoms with E-state index in [-0.39, 0.29) is 0 Å². The van der Waals surface area contributed by atoms with Crippen LogP contribution in [0, 0.1) is 0 Å². The van der Waals surface area contributed by atoms with E-state index in [1.54, 1.807) is 0 Å². The van der Waals surface area contributed by atoms with Crippen molar-refractivity contribution >= 4 is 44.0 Å². The van der Waals surface area contributed by atoms with Crippen molar-refractivity contribution < 1.29 is 0 Å². The third-order valence-corrected chi connectivity index (χ3v) is 12.4. The van der Waals surface area contributed by atoms with Crippen LogP contribution in [-0.2, 0) is 11.8 Å². The first-order valence-corrected chi connectivity index (χ1v) is 19.2. The zero-order chi connectivity index (χ0) is 36.0. The van der Waals surface area contributed by atoms with Gasteiger partial charge in [0.15, 0.2) is 0 Å². The lowest BCUT2D eigenvalue weighted by Crippen LogP contribution is -2.27. The lowest BCUT2D eigenvalue weighted by molar-refractivity contribution is 0.793. The Morgan fingerprint density at radius 2 is 1.24 bits per heavy atom. The van der Waals surface area contributed by atoms with Crippen LogP contribution in [0.2, 0.25) is 0 Å². The molecule has 0 aliphatic heterocycles. The summed E-state index contributed by atoms with van der Waals surface area (Å²) in [5.41, 5.74) is 18.5. The number of hydrogen-bond acceptors (Lipinski definition) is 0. The van der Waals surface area contributed by atoms with E-state index in [9.17, 15) is 0 Å². The molecule has 254 valence electrons. The van der Waals surface area contributed by atoms with Crippen LogP contribution in [0.5, 0.6) is 0 Å². The molecule has 0 fully saturated rings. The molecule has 3 aliphatic rings. The second-order valence-corrected chi connectivity index (χ2v) is 15.0. The fourth-order valence-electron chi connectivity index (χ4n) is 10.4. The third kappa shape index (κ3) is 4.03. The van der Waals surface area contributed by atoms with Gasteiger partial charge < -0.3 is 0 Å². The van der Waals surface area contributed by atoms with Crippen molar-refractivity contribution in [1.82, 2.24) is 0 Å². The van der Waals surface area contributed by atoms with Crippen molar-refractivity contribution in [3.8, 4) is 33.4 Å². The molecule has 0 nitrogen and oxygen atoms in total. The SMILES string of the molecule is C=C/C=C(\C=C/C)c1c2ccccc2c(-c2ccc3c4c(ccc3c2)-c2ccc3c(c2C42c4ccccc4-c4ccccc42)C=CCC3)c2ccccc12. The van der Waals surface area contributed by atoms with Gasteiger partial charge in [-0.05, 0) is 136 Å². The summed E-state index contributed by atoms with van der Waals surface area (Å²) in [4.78, 5) is 0. The first-order chi connectivity index (χ1) is 26.7. The van der Waals surface area contributed by atoms with Gasteiger partial charge in [-0.3, -0.25) is 0 Å². The summed E-state index contributed by atoms with van der Waals surface area (Å²) >= 11 is 0. The molecule has 0 heterocycles. The Bertz CT molecular complexity index is 2910. The lowest BCUT2D eigenvalue weighted by Gasteiger charge is -2.33. The van der Waals surface area contributed by atoms with Crippen molar-refractivity contribution in [2.24, 2.45) is 0 Å². The molecule has 1 spiro atoms. The van der Waals surface area contributed by atoms with Crippen molar-refractivity contribution in [1.29, 1.82) is 0 Å². The Hall–Kier alpha value is -6.50. The van der Waals surface area contributed by atoms with Crippen molar-refractivity contribution in [3.63, 3.8) is 0 Å². The van der Waals surface area contributed by atoms with E-state index in [0.717, 1.165) is 12.8 Å². The van der Waals surface area contributed by atoms with Gasteiger partial charge in [0.1, 0.15) is 0 Å². The minimum atomic E-state index is -0.409. The number of fused-ring (bicyclic) bond motifs is 16. The molecule has 0 radical (unpaired) electrons. The molecule has 0 bridgehead atoms. The molecule has 0 amide bonds. The van der Waals surface area contributed by atoms with E-state index in [1.165, 1.54) is 110 Å². The van der Waals surface area contributed by atoms with E-state index >= 15 is 0 Å². The maximum absolute atomic E-state index is 4.06. The summed E-state index contributed by atoms with van der Waals surface area (Å²) in [7, 11) is 0. The van der Waals surface area contributed by atoms with Gasteiger partial charge in [0.2, 0.25) is 0 Å². The quantitative estimate of drug-likeness (QED) is 0.128. The predicted octanol–water partition coefficient (Wildman–Crippen LogP) is 14.3. The summed E-state index contributed by atoms with van der Waals surface area (Å²) < 4.78 is 0. The van der Waals surface area contributed by atoms with E-state index in [4.69, 9.17) is 0 Å². The zero-order valence-electron chi connectivity index (χ0n) is 30.4. The van der Waals surface area contributed by atoms with E-state index in [0.29, 0.717) is 0 Å². The summed E-state index contributed by atoms with van der Waals surface area (Å²) in [6.45, 7) is 6.14. The topological polar surface area (TPSA) is 0 Å². The maximum Gasteiger partial charge on any atom is 0.0737 e. The number of benzene rings is 8. The monoisotopic (exact) mass is 686 g/mol. The summed E-state index contributed by atoms with van der Waals surface area (Å²) in [6.07, 6.45) is 15.3. The van der Waals surface area contributed by atoms with Gasteiger partial charge in [-0.15, -0.1) is 0 Å². The number of aryl methyl sites for hydroxylation is 1.